The second-order valence-electron chi connectivity index (χ2n) is 8.46. The van der Waals surface area contributed by atoms with E-state index < -0.39 is 17.5 Å². The average molecular weight is 442 g/mol. The first-order chi connectivity index (χ1) is 15.2. The Hall–Kier alpha value is -3.54. The predicted molar refractivity (Wildman–Crippen MR) is 121 cm³/mol. The Morgan fingerprint density at radius 3 is 2.66 bits per heavy atom. The fraction of sp³-hybridized carbons (Fsp3) is 0.435. The van der Waals surface area contributed by atoms with Gasteiger partial charge in [0.1, 0.15) is 11.4 Å². The van der Waals surface area contributed by atoms with Gasteiger partial charge in [-0.15, -0.1) is 0 Å². The van der Waals surface area contributed by atoms with Crippen LogP contribution in [0.2, 0.25) is 0 Å². The summed E-state index contributed by atoms with van der Waals surface area (Å²) in [7, 11) is 3.16. The lowest BCUT2D eigenvalue weighted by atomic mass is 9.81. The number of anilines is 3. The van der Waals surface area contributed by atoms with E-state index in [2.05, 4.69) is 37.8 Å². The van der Waals surface area contributed by atoms with Crippen molar-refractivity contribution in [1.82, 2.24) is 15.3 Å². The molecule has 1 aromatic heterocycles. The van der Waals surface area contributed by atoms with Crippen molar-refractivity contribution >= 4 is 23.5 Å². The van der Waals surface area contributed by atoms with Crippen molar-refractivity contribution in [3.63, 3.8) is 0 Å². The molecule has 1 fully saturated rings. The second kappa shape index (κ2) is 9.73. The Labute approximate surface area is 187 Å². The summed E-state index contributed by atoms with van der Waals surface area (Å²) in [6.45, 7) is 5.50. The molecule has 2 aromatic rings. The van der Waals surface area contributed by atoms with Gasteiger partial charge < -0.3 is 25.4 Å². The smallest absolute Gasteiger partial charge is 0.407 e. The summed E-state index contributed by atoms with van der Waals surface area (Å²) in [5.41, 5.74) is 0.642. The minimum Gasteiger partial charge on any atom is -0.494 e. The Balaban J connectivity index is 1.58. The molecule has 0 spiro atoms. The number of methoxy groups -OCH3 is 1. The number of alkyl carbamates (subject to hydrolysis) is 1. The molecule has 1 aromatic carbocycles. The van der Waals surface area contributed by atoms with Gasteiger partial charge in [-0.3, -0.25) is 0 Å². The molecular formula is C23H28FN5O3. The number of hydrogen-bond acceptors (Lipinski definition) is 7. The minimum atomic E-state index is -0.515. The summed E-state index contributed by atoms with van der Waals surface area (Å²) in [4.78, 5) is 20.5. The minimum absolute atomic E-state index is 0.0700. The SMILES string of the molecule is CNc1nc(Nc2ccc(OC)c(F)c2)ncc1C#CC1CC(NC(=O)OC(C)(C)C)C1. The first-order valence-electron chi connectivity index (χ1n) is 10.3. The van der Waals surface area contributed by atoms with Gasteiger partial charge in [0, 0.05) is 30.8 Å². The standard InChI is InChI=1S/C23H28FN5O3/c1-23(2,3)32-22(30)28-17-10-14(11-17)6-7-15-13-26-21(29-20(15)25-4)27-16-8-9-19(31-5)18(24)12-16/h8-9,12-14,17H,10-11H2,1-5H3,(H,28,30)(H2,25,26,27,29). The Morgan fingerprint density at radius 2 is 2.03 bits per heavy atom. The van der Waals surface area contributed by atoms with Gasteiger partial charge in [-0.2, -0.15) is 4.98 Å². The molecule has 0 saturated heterocycles. The Bertz CT molecular complexity index is 1040. The molecule has 1 amide bonds. The van der Waals surface area contributed by atoms with Crippen molar-refractivity contribution < 1.29 is 18.7 Å². The van der Waals surface area contributed by atoms with Gasteiger partial charge in [0.15, 0.2) is 11.6 Å². The van der Waals surface area contributed by atoms with Crippen LogP contribution in [0.5, 0.6) is 5.75 Å². The number of nitrogens with zero attached hydrogens (tertiary/aromatic N) is 2. The molecule has 0 radical (unpaired) electrons. The van der Waals surface area contributed by atoms with E-state index in [9.17, 15) is 9.18 Å². The highest BCUT2D eigenvalue weighted by molar-refractivity contribution is 5.68. The summed E-state index contributed by atoms with van der Waals surface area (Å²) >= 11 is 0. The third-order valence-electron chi connectivity index (χ3n) is 4.70. The number of aromatic nitrogens is 2. The lowest BCUT2D eigenvalue weighted by Crippen LogP contribution is -2.45. The fourth-order valence-corrected chi connectivity index (χ4v) is 3.10. The molecule has 0 atom stereocenters. The number of carbonyl (C=O) groups excluding carboxylic acids is 1. The van der Waals surface area contributed by atoms with E-state index in [1.54, 1.807) is 19.3 Å². The van der Waals surface area contributed by atoms with Crippen molar-refractivity contribution in [2.45, 2.75) is 45.3 Å². The number of rotatable bonds is 5. The summed E-state index contributed by atoms with van der Waals surface area (Å²) < 4.78 is 24.1. The van der Waals surface area contributed by atoms with Crippen molar-refractivity contribution in [3.05, 3.63) is 35.8 Å². The predicted octanol–water partition coefficient (Wildman–Crippen LogP) is 4.06. The number of ether oxygens (including phenoxy) is 2. The van der Waals surface area contributed by atoms with Crippen LogP contribution in [0.3, 0.4) is 0 Å². The van der Waals surface area contributed by atoms with Crippen LogP contribution in [0.15, 0.2) is 24.4 Å². The molecular weight excluding hydrogens is 413 g/mol. The third kappa shape index (κ3) is 6.23. The highest BCUT2D eigenvalue weighted by atomic mass is 19.1. The fourth-order valence-electron chi connectivity index (χ4n) is 3.10. The molecule has 170 valence electrons. The van der Waals surface area contributed by atoms with Gasteiger partial charge in [0.2, 0.25) is 5.95 Å². The molecule has 3 rings (SSSR count). The number of hydrogen-bond donors (Lipinski definition) is 3. The number of benzene rings is 1. The zero-order chi connectivity index (χ0) is 23.3. The molecule has 1 aliphatic rings. The summed E-state index contributed by atoms with van der Waals surface area (Å²) in [5.74, 6) is 7.06. The van der Waals surface area contributed by atoms with Gasteiger partial charge in [0.25, 0.3) is 0 Å². The molecule has 1 heterocycles. The summed E-state index contributed by atoms with van der Waals surface area (Å²) in [5, 5.41) is 8.83. The van der Waals surface area contributed by atoms with E-state index in [0.717, 1.165) is 12.8 Å². The second-order valence-corrected chi connectivity index (χ2v) is 8.46. The van der Waals surface area contributed by atoms with Crippen LogP contribution in [-0.4, -0.2) is 41.9 Å². The quantitative estimate of drug-likeness (QED) is 0.602. The molecule has 1 saturated carbocycles. The van der Waals surface area contributed by atoms with Crippen LogP contribution in [0.25, 0.3) is 0 Å². The van der Waals surface area contributed by atoms with Crippen molar-refractivity contribution in [1.29, 1.82) is 0 Å². The molecule has 8 nitrogen and oxygen atoms in total. The van der Waals surface area contributed by atoms with Gasteiger partial charge in [-0.1, -0.05) is 11.8 Å². The van der Waals surface area contributed by atoms with Crippen molar-refractivity contribution in [2.24, 2.45) is 5.92 Å². The first kappa shape index (κ1) is 23.1. The Kier molecular flexibility index (Phi) is 7.03. The number of halogens is 1. The molecule has 0 bridgehead atoms. The van der Waals surface area contributed by atoms with E-state index in [4.69, 9.17) is 9.47 Å². The monoisotopic (exact) mass is 441 g/mol. The molecule has 32 heavy (non-hydrogen) atoms. The maximum Gasteiger partial charge on any atom is 0.407 e. The van der Waals surface area contributed by atoms with Crippen LogP contribution in [0.1, 0.15) is 39.2 Å². The van der Waals surface area contributed by atoms with Gasteiger partial charge in [-0.05, 0) is 45.7 Å². The first-order valence-corrected chi connectivity index (χ1v) is 10.3. The molecule has 3 N–H and O–H groups in total. The summed E-state index contributed by atoms with van der Waals surface area (Å²) in [6, 6.07) is 4.59. The highest BCUT2D eigenvalue weighted by Gasteiger charge is 2.30. The summed E-state index contributed by atoms with van der Waals surface area (Å²) in [6.07, 6.45) is 2.75. The molecule has 0 aliphatic heterocycles. The van der Waals surface area contributed by atoms with Gasteiger partial charge in [-0.25, -0.2) is 14.2 Å². The third-order valence-corrected chi connectivity index (χ3v) is 4.70. The van der Waals surface area contributed by atoms with Gasteiger partial charge in [0.05, 0.1) is 18.9 Å². The average Bonchev–Trinajstić information content (AvgIpc) is 2.69. The lowest BCUT2D eigenvalue weighted by molar-refractivity contribution is 0.0467. The topological polar surface area (TPSA) is 97.4 Å². The number of nitrogens with one attached hydrogen (secondary N) is 3. The highest BCUT2D eigenvalue weighted by Crippen LogP contribution is 2.27. The molecule has 1 aliphatic carbocycles. The van der Waals surface area contributed by atoms with Crippen LogP contribution in [0.4, 0.5) is 26.6 Å². The van der Waals surface area contributed by atoms with Crippen molar-refractivity contribution in [2.75, 3.05) is 24.8 Å². The maximum atomic E-state index is 13.9. The van der Waals surface area contributed by atoms with Gasteiger partial charge >= 0.3 is 6.09 Å². The largest absolute Gasteiger partial charge is 0.494 e. The number of amides is 1. The van der Waals surface area contributed by atoms with Crippen LogP contribution in [-0.2, 0) is 4.74 Å². The van der Waals surface area contributed by atoms with E-state index in [-0.39, 0.29) is 17.7 Å². The molecule has 9 heteroatoms. The van der Waals surface area contributed by atoms with E-state index >= 15 is 0 Å². The van der Waals surface area contributed by atoms with Crippen LogP contribution in [0, 0.1) is 23.6 Å². The zero-order valence-electron chi connectivity index (χ0n) is 18.9. The van der Waals surface area contributed by atoms with Crippen LogP contribution >= 0.6 is 0 Å². The number of carbonyl (C=O) groups is 1. The van der Waals surface area contributed by atoms with E-state index in [1.807, 2.05) is 20.8 Å². The van der Waals surface area contributed by atoms with Crippen molar-refractivity contribution in [3.8, 4) is 17.6 Å². The van der Waals surface area contributed by atoms with E-state index in [1.165, 1.54) is 19.2 Å². The lowest BCUT2D eigenvalue weighted by Gasteiger charge is -2.33. The van der Waals surface area contributed by atoms with Crippen LogP contribution < -0.4 is 20.7 Å². The molecule has 0 unspecified atom stereocenters. The normalized spacial score (nSPS) is 17.3. The maximum absolute atomic E-state index is 13.9. The zero-order valence-corrected chi connectivity index (χ0v) is 18.9. The Morgan fingerprint density at radius 1 is 1.28 bits per heavy atom. The van der Waals surface area contributed by atoms with E-state index in [0.29, 0.717) is 23.0 Å².